The van der Waals surface area contributed by atoms with Crippen molar-refractivity contribution in [2.75, 3.05) is 13.4 Å². The third-order valence-electron chi connectivity index (χ3n) is 3.76. The Morgan fingerprint density at radius 2 is 1.88 bits per heavy atom. The van der Waals surface area contributed by atoms with E-state index in [4.69, 9.17) is 4.74 Å². The molecule has 1 saturated carbocycles. The zero-order chi connectivity index (χ0) is 12.6. The number of hydrogen-bond acceptors (Lipinski definition) is 3. The van der Waals surface area contributed by atoms with Crippen LogP contribution in [-0.4, -0.2) is 19.3 Å². The fourth-order valence-corrected chi connectivity index (χ4v) is 3.05. The Hall–Kier alpha value is -0.960. The van der Waals surface area contributed by atoms with Gasteiger partial charge in [0.25, 0.3) is 0 Å². The number of carbonyl (C=O) groups is 1. The normalized spacial score (nSPS) is 25.4. The van der Waals surface area contributed by atoms with E-state index in [2.05, 4.69) is 44.4 Å². The van der Waals surface area contributed by atoms with Gasteiger partial charge in [-0.15, -0.1) is 11.8 Å². The lowest BCUT2D eigenvalue weighted by atomic mass is 10.0. The van der Waals surface area contributed by atoms with Crippen LogP contribution < -0.4 is 0 Å². The number of carbonyl (C=O) groups excluding carboxylic acids is 1. The topological polar surface area (TPSA) is 26.3 Å². The Kier molecular flexibility index (Phi) is 3.21. The van der Waals surface area contributed by atoms with E-state index in [9.17, 15) is 4.79 Å². The third-order valence-corrected chi connectivity index (χ3v) is 4.50. The van der Waals surface area contributed by atoms with E-state index in [1.807, 2.05) is 0 Å². The monoisotopic (exact) mass is 250 g/mol. The van der Waals surface area contributed by atoms with E-state index in [-0.39, 0.29) is 17.3 Å². The molecule has 1 aliphatic rings. The lowest BCUT2D eigenvalue weighted by Crippen LogP contribution is -2.07. The molecule has 92 valence electrons. The van der Waals surface area contributed by atoms with Gasteiger partial charge in [-0.3, -0.25) is 4.79 Å². The second-order valence-corrected chi connectivity index (χ2v) is 5.95. The molecule has 2 nitrogen and oxygen atoms in total. The molecule has 0 radical (unpaired) electrons. The summed E-state index contributed by atoms with van der Waals surface area (Å²) in [4.78, 5) is 12.9. The van der Waals surface area contributed by atoms with Gasteiger partial charge in [0.05, 0.1) is 13.0 Å². The third kappa shape index (κ3) is 2.08. The van der Waals surface area contributed by atoms with Crippen LogP contribution >= 0.6 is 11.8 Å². The molecule has 3 heteroatoms. The highest BCUT2D eigenvalue weighted by Crippen LogP contribution is 2.64. The van der Waals surface area contributed by atoms with Crippen molar-refractivity contribution >= 4 is 17.7 Å². The first-order valence-electron chi connectivity index (χ1n) is 5.74. The van der Waals surface area contributed by atoms with E-state index < -0.39 is 0 Å². The summed E-state index contributed by atoms with van der Waals surface area (Å²) in [7, 11) is 1.46. The quantitative estimate of drug-likeness (QED) is 0.608. The number of hydrogen-bond donors (Lipinski definition) is 0. The van der Waals surface area contributed by atoms with Crippen molar-refractivity contribution in [2.24, 2.45) is 11.3 Å². The summed E-state index contributed by atoms with van der Waals surface area (Å²) in [6, 6.07) is 8.48. The molecule has 0 aliphatic heterocycles. The lowest BCUT2D eigenvalue weighted by Gasteiger charge is -2.03. The van der Waals surface area contributed by atoms with Crippen LogP contribution in [0.3, 0.4) is 0 Å². The van der Waals surface area contributed by atoms with E-state index in [1.54, 1.807) is 11.8 Å². The van der Waals surface area contributed by atoms with Crippen LogP contribution in [0.5, 0.6) is 0 Å². The molecule has 1 aliphatic carbocycles. The molecule has 0 N–H and O–H groups in total. The molecule has 0 amide bonds. The molecule has 0 bridgehead atoms. The highest BCUT2D eigenvalue weighted by Gasteiger charge is 2.62. The number of benzene rings is 1. The molecular weight excluding hydrogens is 232 g/mol. The summed E-state index contributed by atoms with van der Waals surface area (Å²) in [5.74, 6) is 0.215. The number of rotatable bonds is 3. The lowest BCUT2D eigenvalue weighted by molar-refractivity contribution is -0.143. The average Bonchev–Trinajstić information content (AvgIpc) is 2.91. The van der Waals surface area contributed by atoms with Crippen LogP contribution in [0, 0.1) is 11.3 Å². The van der Waals surface area contributed by atoms with Crippen molar-refractivity contribution < 1.29 is 9.53 Å². The van der Waals surface area contributed by atoms with Gasteiger partial charge in [0.2, 0.25) is 0 Å². The number of methoxy groups -OCH3 is 1. The molecule has 0 saturated heterocycles. The maximum absolute atomic E-state index is 11.7. The number of esters is 1. The minimum atomic E-state index is -0.0889. The molecule has 0 unspecified atom stereocenters. The fourth-order valence-electron chi connectivity index (χ4n) is 2.64. The smallest absolute Gasteiger partial charge is 0.309 e. The molecule has 2 rings (SSSR count). The summed E-state index contributed by atoms with van der Waals surface area (Å²) in [5.41, 5.74) is 1.26. The number of thioether (sulfide) groups is 1. The van der Waals surface area contributed by atoms with E-state index >= 15 is 0 Å². The first kappa shape index (κ1) is 12.5. The number of ether oxygens (including phenoxy) is 1. The molecule has 0 spiro atoms. The first-order chi connectivity index (χ1) is 8.02. The second kappa shape index (κ2) is 4.37. The van der Waals surface area contributed by atoms with Crippen LogP contribution in [-0.2, 0) is 9.53 Å². The highest BCUT2D eigenvalue weighted by molar-refractivity contribution is 7.98. The Bertz CT molecular complexity index is 422. The van der Waals surface area contributed by atoms with Gasteiger partial charge in [-0.05, 0) is 29.4 Å². The fraction of sp³-hybridized carbons (Fsp3) is 0.500. The first-order valence-corrected chi connectivity index (χ1v) is 6.96. The zero-order valence-electron chi connectivity index (χ0n) is 10.7. The summed E-state index contributed by atoms with van der Waals surface area (Å²) >= 11 is 1.73. The molecule has 1 aromatic carbocycles. The van der Waals surface area contributed by atoms with Gasteiger partial charge < -0.3 is 4.74 Å². The van der Waals surface area contributed by atoms with Crippen LogP contribution in [0.2, 0.25) is 0 Å². The molecule has 0 heterocycles. The Morgan fingerprint density at radius 1 is 1.29 bits per heavy atom. The zero-order valence-corrected chi connectivity index (χ0v) is 11.5. The van der Waals surface area contributed by atoms with Gasteiger partial charge >= 0.3 is 5.97 Å². The van der Waals surface area contributed by atoms with Crippen molar-refractivity contribution in [2.45, 2.75) is 24.7 Å². The van der Waals surface area contributed by atoms with Crippen LogP contribution in [0.1, 0.15) is 25.3 Å². The van der Waals surface area contributed by atoms with E-state index in [0.717, 1.165) is 0 Å². The van der Waals surface area contributed by atoms with Crippen LogP contribution in [0.15, 0.2) is 29.2 Å². The van der Waals surface area contributed by atoms with E-state index in [0.29, 0.717) is 5.92 Å². The SMILES string of the molecule is COC(=O)[C@H]1[C@H](c2ccc(SC)cc2)C1(C)C. The second-order valence-electron chi connectivity index (χ2n) is 5.07. The average molecular weight is 250 g/mol. The molecular formula is C14H18O2S. The van der Waals surface area contributed by atoms with Crippen LogP contribution in [0.4, 0.5) is 0 Å². The maximum Gasteiger partial charge on any atom is 0.309 e. The van der Waals surface area contributed by atoms with Gasteiger partial charge in [-0.1, -0.05) is 26.0 Å². The van der Waals surface area contributed by atoms with Gasteiger partial charge in [-0.2, -0.15) is 0 Å². The minimum absolute atomic E-state index is 0.00706. The Balaban J connectivity index is 2.21. The van der Waals surface area contributed by atoms with Crippen molar-refractivity contribution in [3.05, 3.63) is 29.8 Å². The molecule has 2 atom stereocenters. The summed E-state index contributed by atoms with van der Waals surface area (Å²) in [5, 5.41) is 0. The van der Waals surface area contributed by atoms with Gasteiger partial charge in [-0.25, -0.2) is 0 Å². The molecule has 17 heavy (non-hydrogen) atoms. The van der Waals surface area contributed by atoms with Crippen molar-refractivity contribution in [3.8, 4) is 0 Å². The van der Waals surface area contributed by atoms with Gasteiger partial charge in [0.15, 0.2) is 0 Å². The molecule has 1 aromatic rings. The Labute approximate surface area is 107 Å². The maximum atomic E-state index is 11.7. The van der Waals surface area contributed by atoms with Crippen LogP contribution in [0.25, 0.3) is 0 Å². The standard InChI is InChI=1S/C14H18O2S/c1-14(2)11(12(14)13(15)16-3)9-5-7-10(17-4)8-6-9/h5-8,11-12H,1-4H3/t11-,12+/m0/s1. The molecule has 1 fully saturated rings. The summed E-state index contributed by atoms with van der Waals surface area (Å²) in [6.45, 7) is 4.25. The van der Waals surface area contributed by atoms with Crippen molar-refractivity contribution in [1.29, 1.82) is 0 Å². The highest BCUT2D eigenvalue weighted by atomic mass is 32.2. The van der Waals surface area contributed by atoms with Crippen molar-refractivity contribution in [1.82, 2.24) is 0 Å². The predicted octanol–water partition coefficient (Wildman–Crippen LogP) is 3.32. The summed E-state index contributed by atoms with van der Waals surface area (Å²) < 4.78 is 4.86. The predicted molar refractivity (Wildman–Crippen MR) is 70.3 cm³/mol. The largest absolute Gasteiger partial charge is 0.469 e. The Morgan fingerprint density at radius 3 is 2.35 bits per heavy atom. The van der Waals surface area contributed by atoms with E-state index in [1.165, 1.54) is 17.6 Å². The summed E-state index contributed by atoms with van der Waals surface area (Å²) in [6.07, 6.45) is 2.06. The van der Waals surface area contributed by atoms with Crippen molar-refractivity contribution in [3.63, 3.8) is 0 Å². The minimum Gasteiger partial charge on any atom is -0.469 e. The van der Waals surface area contributed by atoms with Gasteiger partial charge in [0.1, 0.15) is 0 Å². The molecule has 0 aromatic heterocycles. The van der Waals surface area contributed by atoms with Gasteiger partial charge in [0, 0.05) is 10.8 Å².